The van der Waals surface area contributed by atoms with Gasteiger partial charge in [-0.1, -0.05) is 0 Å². The molecule has 0 spiro atoms. The molecule has 3 rings (SSSR count). The van der Waals surface area contributed by atoms with Crippen molar-refractivity contribution in [3.8, 4) is 0 Å². The van der Waals surface area contributed by atoms with Crippen LogP contribution in [0.25, 0.3) is 0 Å². The molecule has 3 atom stereocenters. The Morgan fingerprint density at radius 1 is 1.43 bits per heavy atom. The number of aliphatic hydroxyl groups is 1. The summed E-state index contributed by atoms with van der Waals surface area (Å²) >= 11 is 0. The van der Waals surface area contributed by atoms with Gasteiger partial charge in [-0.3, -0.25) is 4.79 Å². The van der Waals surface area contributed by atoms with Crippen LogP contribution in [0.4, 0.5) is 8.78 Å². The number of carbonyl (C=O) groups excluding carboxylic acids is 1. The minimum absolute atomic E-state index is 0.102. The van der Waals surface area contributed by atoms with Gasteiger partial charge in [0.05, 0.1) is 12.1 Å². The predicted octanol–water partition coefficient (Wildman–Crippen LogP) is 2.35. The normalized spacial score (nSPS) is 27.0. The van der Waals surface area contributed by atoms with Crippen molar-refractivity contribution in [1.82, 2.24) is 5.32 Å². The molecular weight excluding hydrogens is 276 g/mol. The number of aliphatic hydroxyl groups excluding tert-OH is 1. The Kier molecular flexibility index (Phi) is 3.48. The van der Waals surface area contributed by atoms with Crippen molar-refractivity contribution in [1.29, 1.82) is 0 Å². The Hall–Kier alpha value is -1.49. The molecular formula is C16H19F2NO2. The van der Waals surface area contributed by atoms with E-state index < -0.39 is 17.2 Å². The van der Waals surface area contributed by atoms with Crippen molar-refractivity contribution in [3.63, 3.8) is 0 Å². The van der Waals surface area contributed by atoms with Crippen LogP contribution in [0.3, 0.4) is 0 Å². The van der Waals surface area contributed by atoms with Crippen LogP contribution in [0.2, 0.25) is 0 Å². The third-order valence-electron chi connectivity index (χ3n) is 4.70. The van der Waals surface area contributed by atoms with E-state index in [0.29, 0.717) is 12.3 Å². The molecule has 0 bridgehead atoms. The van der Waals surface area contributed by atoms with Gasteiger partial charge >= 0.3 is 0 Å². The Balaban J connectivity index is 1.67. The zero-order valence-electron chi connectivity index (χ0n) is 11.9. The zero-order valence-corrected chi connectivity index (χ0v) is 11.9. The summed E-state index contributed by atoms with van der Waals surface area (Å²) in [6.07, 6.45) is 2.53. The van der Waals surface area contributed by atoms with Gasteiger partial charge in [-0.25, -0.2) is 8.78 Å². The van der Waals surface area contributed by atoms with E-state index in [-0.39, 0.29) is 29.9 Å². The van der Waals surface area contributed by atoms with Crippen molar-refractivity contribution in [2.75, 3.05) is 6.61 Å². The molecule has 114 valence electrons. The number of benzene rings is 1. The summed E-state index contributed by atoms with van der Waals surface area (Å²) in [5, 5.41) is 12.4. The third kappa shape index (κ3) is 2.79. The van der Waals surface area contributed by atoms with Gasteiger partial charge in [0.2, 0.25) is 5.91 Å². The van der Waals surface area contributed by atoms with E-state index in [1.807, 2.05) is 6.92 Å². The molecule has 0 aliphatic heterocycles. The van der Waals surface area contributed by atoms with E-state index in [1.165, 1.54) is 6.07 Å². The van der Waals surface area contributed by atoms with Crippen molar-refractivity contribution in [2.45, 2.75) is 37.6 Å². The van der Waals surface area contributed by atoms with Crippen molar-refractivity contribution in [3.05, 3.63) is 35.4 Å². The van der Waals surface area contributed by atoms with Crippen molar-refractivity contribution < 1.29 is 18.7 Å². The van der Waals surface area contributed by atoms with Crippen LogP contribution in [-0.4, -0.2) is 23.2 Å². The molecule has 0 heterocycles. The Morgan fingerprint density at radius 3 is 2.76 bits per heavy atom. The number of amides is 1. The number of halogens is 2. The molecule has 0 saturated heterocycles. The summed E-state index contributed by atoms with van der Waals surface area (Å²) < 4.78 is 26.9. The Labute approximate surface area is 122 Å². The van der Waals surface area contributed by atoms with E-state index >= 15 is 0 Å². The van der Waals surface area contributed by atoms with E-state index in [0.717, 1.165) is 25.0 Å². The SMILES string of the molecule is CC(CO)(NC(=O)C1CC1c1cc(F)ccc1F)C1CC1. The van der Waals surface area contributed by atoms with Crippen LogP contribution in [0.15, 0.2) is 18.2 Å². The molecule has 5 heteroatoms. The summed E-state index contributed by atoms with van der Waals surface area (Å²) in [6, 6.07) is 3.34. The molecule has 1 aromatic carbocycles. The van der Waals surface area contributed by atoms with Gasteiger partial charge in [0.25, 0.3) is 0 Å². The molecule has 3 unspecified atom stereocenters. The molecule has 1 aromatic rings. The van der Waals surface area contributed by atoms with Gasteiger partial charge in [-0.05, 0) is 61.8 Å². The monoisotopic (exact) mass is 295 g/mol. The maximum atomic E-state index is 13.7. The van der Waals surface area contributed by atoms with Crippen LogP contribution in [0.5, 0.6) is 0 Å². The summed E-state index contributed by atoms with van der Waals surface area (Å²) in [5.74, 6) is -1.41. The Bertz CT molecular complexity index is 573. The van der Waals surface area contributed by atoms with Gasteiger partial charge in [-0.2, -0.15) is 0 Å². The minimum atomic E-state index is -0.593. The maximum absolute atomic E-state index is 13.7. The summed E-state index contributed by atoms with van der Waals surface area (Å²) in [7, 11) is 0. The fourth-order valence-electron chi connectivity index (χ4n) is 2.99. The first kappa shape index (κ1) is 14.4. The summed E-state index contributed by atoms with van der Waals surface area (Å²) in [5.41, 5.74) is -0.322. The van der Waals surface area contributed by atoms with Crippen LogP contribution in [0, 0.1) is 23.5 Å². The number of nitrogens with one attached hydrogen (secondary N) is 1. The number of hydrogen-bond donors (Lipinski definition) is 2. The smallest absolute Gasteiger partial charge is 0.224 e. The minimum Gasteiger partial charge on any atom is -0.394 e. The molecule has 2 aliphatic carbocycles. The molecule has 2 fully saturated rings. The second-order valence-electron chi connectivity index (χ2n) is 6.45. The highest BCUT2D eigenvalue weighted by Crippen LogP contribution is 2.49. The van der Waals surface area contributed by atoms with Crippen molar-refractivity contribution in [2.24, 2.45) is 11.8 Å². The molecule has 21 heavy (non-hydrogen) atoms. The zero-order chi connectivity index (χ0) is 15.2. The predicted molar refractivity (Wildman–Crippen MR) is 73.6 cm³/mol. The quantitative estimate of drug-likeness (QED) is 0.876. The summed E-state index contributed by atoms with van der Waals surface area (Å²) in [4.78, 5) is 12.3. The van der Waals surface area contributed by atoms with E-state index in [1.54, 1.807) is 0 Å². The first-order valence-electron chi connectivity index (χ1n) is 7.32. The molecule has 0 aromatic heterocycles. The first-order valence-corrected chi connectivity index (χ1v) is 7.32. The largest absolute Gasteiger partial charge is 0.394 e. The highest BCUT2D eigenvalue weighted by atomic mass is 19.1. The first-order chi connectivity index (χ1) is 9.94. The van der Waals surface area contributed by atoms with Crippen LogP contribution in [0.1, 0.15) is 37.7 Å². The lowest BCUT2D eigenvalue weighted by molar-refractivity contribution is -0.125. The lowest BCUT2D eigenvalue weighted by atomic mass is 9.96. The molecule has 1 amide bonds. The van der Waals surface area contributed by atoms with Crippen LogP contribution in [-0.2, 0) is 4.79 Å². The molecule has 2 aliphatic rings. The van der Waals surface area contributed by atoms with Gasteiger partial charge in [0.15, 0.2) is 0 Å². The van der Waals surface area contributed by atoms with Gasteiger partial charge in [0.1, 0.15) is 11.6 Å². The third-order valence-corrected chi connectivity index (χ3v) is 4.70. The second-order valence-corrected chi connectivity index (χ2v) is 6.45. The van der Waals surface area contributed by atoms with E-state index in [2.05, 4.69) is 5.32 Å². The topological polar surface area (TPSA) is 49.3 Å². The molecule has 3 nitrogen and oxygen atoms in total. The molecule has 2 N–H and O–H groups in total. The average Bonchev–Trinajstić information content (AvgIpc) is 3.32. The average molecular weight is 295 g/mol. The van der Waals surface area contributed by atoms with E-state index in [9.17, 15) is 18.7 Å². The summed E-state index contributed by atoms with van der Waals surface area (Å²) in [6.45, 7) is 1.73. The van der Waals surface area contributed by atoms with Crippen LogP contribution >= 0.6 is 0 Å². The Morgan fingerprint density at radius 2 is 2.14 bits per heavy atom. The van der Waals surface area contributed by atoms with Gasteiger partial charge in [-0.15, -0.1) is 0 Å². The maximum Gasteiger partial charge on any atom is 0.224 e. The van der Waals surface area contributed by atoms with Crippen LogP contribution < -0.4 is 5.32 Å². The molecule has 2 saturated carbocycles. The fourth-order valence-corrected chi connectivity index (χ4v) is 2.99. The van der Waals surface area contributed by atoms with E-state index in [4.69, 9.17) is 0 Å². The lowest BCUT2D eigenvalue weighted by Gasteiger charge is -2.29. The fraction of sp³-hybridized carbons (Fsp3) is 0.562. The van der Waals surface area contributed by atoms with Gasteiger partial charge < -0.3 is 10.4 Å². The number of carbonyl (C=O) groups is 1. The van der Waals surface area contributed by atoms with Crippen molar-refractivity contribution >= 4 is 5.91 Å². The highest BCUT2D eigenvalue weighted by Gasteiger charge is 2.49. The number of hydrogen-bond acceptors (Lipinski definition) is 2. The number of rotatable bonds is 5. The standard InChI is InChI=1S/C16H19F2NO2/c1-16(8-20,9-2-3-9)19-15(21)13-7-11(13)12-6-10(17)4-5-14(12)18/h4-6,9,11,13,20H,2-3,7-8H2,1H3,(H,19,21). The lowest BCUT2D eigenvalue weighted by Crippen LogP contribution is -2.51. The molecule has 0 radical (unpaired) electrons. The highest BCUT2D eigenvalue weighted by molar-refractivity contribution is 5.83. The van der Waals surface area contributed by atoms with Gasteiger partial charge in [0, 0.05) is 5.92 Å². The second kappa shape index (κ2) is 5.05.